The SMILES string of the molecule is O=C=Nc1cc(Cl)ccc1N1CCN(C(=O)C=Cc2ccccc2)CC1. The highest BCUT2D eigenvalue weighted by Crippen LogP contribution is 2.32. The van der Waals surface area contributed by atoms with E-state index in [1.165, 1.54) is 0 Å². The molecule has 1 aliphatic heterocycles. The van der Waals surface area contributed by atoms with Crippen LogP contribution in [0.1, 0.15) is 5.56 Å². The summed E-state index contributed by atoms with van der Waals surface area (Å²) >= 11 is 5.97. The lowest BCUT2D eigenvalue weighted by Crippen LogP contribution is -2.48. The second-order valence-electron chi connectivity index (χ2n) is 5.89. The minimum absolute atomic E-state index is 0.00394. The number of piperazine rings is 1. The Labute approximate surface area is 157 Å². The molecule has 5 nitrogen and oxygen atoms in total. The fraction of sp³-hybridized carbons (Fsp3) is 0.200. The molecule has 0 aromatic heterocycles. The number of amides is 1. The fourth-order valence-corrected chi connectivity index (χ4v) is 3.07. The van der Waals surface area contributed by atoms with Gasteiger partial charge in [0, 0.05) is 37.3 Å². The standard InChI is InChI=1S/C20H18ClN3O2/c21-17-7-8-19(18(14-17)22-15-25)23-10-12-24(13-11-23)20(26)9-6-16-4-2-1-3-5-16/h1-9,14H,10-13H2. The quantitative estimate of drug-likeness (QED) is 0.470. The van der Waals surface area contributed by atoms with Crippen molar-refractivity contribution in [2.45, 2.75) is 0 Å². The predicted molar refractivity (Wildman–Crippen MR) is 104 cm³/mol. The van der Waals surface area contributed by atoms with E-state index in [0.29, 0.717) is 36.9 Å². The molecule has 0 saturated carbocycles. The van der Waals surface area contributed by atoms with E-state index in [0.717, 1.165) is 11.3 Å². The average Bonchev–Trinajstić information content (AvgIpc) is 2.67. The number of rotatable bonds is 4. The second-order valence-corrected chi connectivity index (χ2v) is 6.33. The monoisotopic (exact) mass is 367 g/mol. The number of hydrogen-bond donors (Lipinski definition) is 0. The fourth-order valence-electron chi connectivity index (χ4n) is 2.91. The lowest BCUT2D eigenvalue weighted by molar-refractivity contribution is -0.126. The highest BCUT2D eigenvalue weighted by Gasteiger charge is 2.21. The van der Waals surface area contributed by atoms with Crippen molar-refractivity contribution in [1.29, 1.82) is 0 Å². The van der Waals surface area contributed by atoms with Gasteiger partial charge in [-0.05, 0) is 29.8 Å². The number of isocyanates is 1. The molecule has 1 saturated heterocycles. The zero-order valence-electron chi connectivity index (χ0n) is 14.1. The highest BCUT2D eigenvalue weighted by atomic mass is 35.5. The Morgan fingerprint density at radius 3 is 2.50 bits per heavy atom. The topological polar surface area (TPSA) is 53.0 Å². The van der Waals surface area contributed by atoms with Crippen molar-refractivity contribution < 1.29 is 9.59 Å². The highest BCUT2D eigenvalue weighted by molar-refractivity contribution is 6.31. The van der Waals surface area contributed by atoms with Crippen molar-refractivity contribution in [1.82, 2.24) is 4.90 Å². The molecule has 0 radical (unpaired) electrons. The first kappa shape index (κ1) is 17.9. The van der Waals surface area contributed by atoms with Crippen LogP contribution in [-0.4, -0.2) is 43.1 Å². The molecule has 1 amide bonds. The van der Waals surface area contributed by atoms with Crippen LogP contribution in [0.15, 0.2) is 59.6 Å². The molecule has 0 N–H and O–H groups in total. The first-order valence-corrected chi connectivity index (χ1v) is 8.69. The van der Waals surface area contributed by atoms with Crippen molar-refractivity contribution in [3.8, 4) is 0 Å². The summed E-state index contributed by atoms with van der Waals surface area (Å²) in [4.78, 5) is 30.6. The van der Waals surface area contributed by atoms with Gasteiger partial charge >= 0.3 is 0 Å². The van der Waals surface area contributed by atoms with Gasteiger partial charge in [-0.3, -0.25) is 4.79 Å². The molecule has 0 spiro atoms. The Balaban J connectivity index is 1.63. The van der Waals surface area contributed by atoms with Gasteiger partial charge in [0.15, 0.2) is 0 Å². The molecule has 1 fully saturated rings. The van der Waals surface area contributed by atoms with Crippen LogP contribution >= 0.6 is 11.6 Å². The lowest BCUT2D eigenvalue weighted by Gasteiger charge is -2.36. The maximum absolute atomic E-state index is 12.4. The molecule has 2 aromatic carbocycles. The van der Waals surface area contributed by atoms with Gasteiger partial charge in [-0.25, -0.2) is 4.79 Å². The minimum Gasteiger partial charge on any atom is -0.366 e. The van der Waals surface area contributed by atoms with Crippen LogP contribution < -0.4 is 4.90 Å². The third-order valence-corrected chi connectivity index (χ3v) is 4.49. The van der Waals surface area contributed by atoms with E-state index in [4.69, 9.17) is 11.6 Å². The van der Waals surface area contributed by atoms with Gasteiger partial charge < -0.3 is 9.80 Å². The molecule has 0 atom stereocenters. The third kappa shape index (κ3) is 4.39. The molecule has 0 unspecified atom stereocenters. The molecule has 0 bridgehead atoms. The van der Waals surface area contributed by atoms with Crippen LogP contribution in [0.2, 0.25) is 5.02 Å². The van der Waals surface area contributed by atoms with E-state index < -0.39 is 0 Å². The summed E-state index contributed by atoms with van der Waals surface area (Å²) < 4.78 is 0. The van der Waals surface area contributed by atoms with Crippen molar-refractivity contribution in [3.63, 3.8) is 0 Å². The van der Waals surface area contributed by atoms with Gasteiger partial charge in [-0.2, -0.15) is 4.99 Å². The van der Waals surface area contributed by atoms with E-state index in [9.17, 15) is 9.59 Å². The first-order valence-electron chi connectivity index (χ1n) is 8.32. The largest absolute Gasteiger partial charge is 0.366 e. The number of carbonyl (C=O) groups excluding carboxylic acids is 2. The van der Waals surface area contributed by atoms with E-state index in [-0.39, 0.29) is 5.91 Å². The summed E-state index contributed by atoms with van der Waals surface area (Å²) in [6.07, 6.45) is 5.00. The van der Waals surface area contributed by atoms with Crippen LogP contribution in [0.25, 0.3) is 6.08 Å². The Kier molecular flexibility index (Phi) is 5.84. The number of carbonyl (C=O) groups is 1. The van der Waals surface area contributed by atoms with Crippen molar-refractivity contribution in [3.05, 3.63) is 65.2 Å². The minimum atomic E-state index is -0.00394. The molecule has 2 aromatic rings. The molecule has 132 valence electrons. The maximum Gasteiger partial charge on any atom is 0.246 e. The number of benzene rings is 2. The van der Waals surface area contributed by atoms with Crippen LogP contribution in [0.3, 0.4) is 0 Å². The normalized spacial score (nSPS) is 14.3. The summed E-state index contributed by atoms with van der Waals surface area (Å²) in [5.74, 6) is -0.00394. The second kappa shape index (κ2) is 8.48. The van der Waals surface area contributed by atoms with Gasteiger partial charge in [0.2, 0.25) is 12.0 Å². The lowest BCUT2D eigenvalue weighted by atomic mass is 10.2. The maximum atomic E-state index is 12.4. The van der Waals surface area contributed by atoms with Crippen LogP contribution in [0, 0.1) is 0 Å². The van der Waals surface area contributed by atoms with Crippen molar-refractivity contribution >= 4 is 41.0 Å². The van der Waals surface area contributed by atoms with Gasteiger partial charge in [0.05, 0.1) is 5.69 Å². The number of anilines is 1. The zero-order chi connectivity index (χ0) is 18.4. The van der Waals surface area contributed by atoms with E-state index in [1.54, 1.807) is 24.3 Å². The molecule has 26 heavy (non-hydrogen) atoms. The smallest absolute Gasteiger partial charge is 0.246 e. The Hall–Kier alpha value is -2.88. The molecule has 1 aliphatic rings. The molecule has 3 rings (SSSR count). The van der Waals surface area contributed by atoms with E-state index >= 15 is 0 Å². The Bertz CT molecular complexity index is 853. The van der Waals surface area contributed by atoms with Crippen molar-refractivity contribution in [2.24, 2.45) is 4.99 Å². The number of aliphatic imine (C=N–C) groups is 1. The molecule has 6 heteroatoms. The zero-order valence-corrected chi connectivity index (χ0v) is 14.9. The van der Waals surface area contributed by atoms with Gasteiger partial charge in [0.1, 0.15) is 5.69 Å². The van der Waals surface area contributed by atoms with Crippen LogP contribution in [0.5, 0.6) is 0 Å². The van der Waals surface area contributed by atoms with Gasteiger partial charge in [0.25, 0.3) is 0 Å². The van der Waals surface area contributed by atoms with Crippen LogP contribution in [-0.2, 0) is 9.59 Å². The number of halogens is 1. The predicted octanol–water partition coefficient (Wildman–Crippen LogP) is 3.67. The van der Waals surface area contributed by atoms with E-state index in [2.05, 4.69) is 9.89 Å². The summed E-state index contributed by atoms with van der Waals surface area (Å²) in [7, 11) is 0. The Morgan fingerprint density at radius 1 is 1.08 bits per heavy atom. The average molecular weight is 368 g/mol. The van der Waals surface area contributed by atoms with Crippen LogP contribution in [0.4, 0.5) is 11.4 Å². The molecule has 1 heterocycles. The molecular weight excluding hydrogens is 350 g/mol. The summed E-state index contributed by atoms with van der Waals surface area (Å²) in [6, 6.07) is 15.0. The summed E-state index contributed by atoms with van der Waals surface area (Å²) in [6.45, 7) is 2.53. The molecule has 0 aliphatic carbocycles. The number of hydrogen-bond acceptors (Lipinski definition) is 4. The van der Waals surface area contributed by atoms with E-state index in [1.807, 2.05) is 47.4 Å². The molecular formula is C20H18ClN3O2. The van der Waals surface area contributed by atoms with Crippen molar-refractivity contribution in [2.75, 3.05) is 31.1 Å². The van der Waals surface area contributed by atoms with Gasteiger partial charge in [-0.1, -0.05) is 41.9 Å². The Morgan fingerprint density at radius 2 is 1.81 bits per heavy atom. The summed E-state index contributed by atoms with van der Waals surface area (Å²) in [5, 5.41) is 0.516. The first-order chi connectivity index (χ1) is 12.7. The third-order valence-electron chi connectivity index (χ3n) is 4.25. The number of nitrogens with zero attached hydrogens (tertiary/aromatic N) is 3. The summed E-state index contributed by atoms with van der Waals surface area (Å²) in [5.41, 5.74) is 2.32. The van der Waals surface area contributed by atoms with Gasteiger partial charge in [-0.15, -0.1) is 0 Å².